The molecule has 0 saturated heterocycles. The summed E-state index contributed by atoms with van der Waals surface area (Å²) in [5, 5.41) is 14.6. The molecule has 2 N–H and O–H groups in total. The van der Waals surface area contributed by atoms with E-state index in [0.29, 0.717) is 27.8 Å². The fourth-order valence-electron chi connectivity index (χ4n) is 2.91. The first-order chi connectivity index (χ1) is 14.0. The number of amides is 1. The fraction of sp³-hybridized carbons (Fsp3) is 0.0952. The Hall–Kier alpha value is -3.45. The van der Waals surface area contributed by atoms with Gasteiger partial charge in [0, 0.05) is 27.9 Å². The van der Waals surface area contributed by atoms with E-state index in [-0.39, 0.29) is 18.3 Å². The number of hydrogen-bond donors (Lipinski definition) is 2. The van der Waals surface area contributed by atoms with E-state index in [2.05, 4.69) is 20.6 Å². The average Bonchev–Trinajstić information content (AvgIpc) is 3.32. The Bertz CT molecular complexity index is 1170. The van der Waals surface area contributed by atoms with Crippen LogP contribution in [-0.4, -0.2) is 25.9 Å². The summed E-state index contributed by atoms with van der Waals surface area (Å²) in [6.45, 7) is 2.12. The van der Waals surface area contributed by atoms with Gasteiger partial charge in [-0.1, -0.05) is 41.9 Å². The maximum atomic E-state index is 13.9. The number of H-pyrrole nitrogens is 1. The number of aromatic nitrogens is 4. The number of carbonyl (C=O) groups excluding carboxylic acids is 1. The maximum Gasteiger partial charge on any atom is 0.274 e. The molecule has 0 radical (unpaired) electrons. The molecule has 0 aliphatic heterocycles. The van der Waals surface area contributed by atoms with E-state index in [9.17, 15) is 9.18 Å². The van der Waals surface area contributed by atoms with E-state index in [1.807, 2.05) is 19.1 Å². The largest absolute Gasteiger partial charge is 0.304 e. The van der Waals surface area contributed by atoms with Gasteiger partial charge in [0.05, 0.1) is 12.2 Å². The number of nitrogens with one attached hydrogen (secondary N) is 2. The van der Waals surface area contributed by atoms with Gasteiger partial charge >= 0.3 is 0 Å². The zero-order valence-corrected chi connectivity index (χ0v) is 16.2. The van der Waals surface area contributed by atoms with Gasteiger partial charge in [-0.3, -0.25) is 14.6 Å². The smallest absolute Gasteiger partial charge is 0.274 e. The molecule has 2 heterocycles. The first kappa shape index (κ1) is 18.9. The minimum Gasteiger partial charge on any atom is -0.304 e. The van der Waals surface area contributed by atoms with E-state index >= 15 is 0 Å². The average molecular weight is 410 g/mol. The van der Waals surface area contributed by atoms with E-state index in [1.165, 1.54) is 6.07 Å². The lowest BCUT2D eigenvalue weighted by atomic mass is 10.1. The minimum atomic E-state index is -0.367. The van der Waals surface area contributed by atoms with Crippen molar-refractivity contribution in [1.29, 1.82) is 0 Å². The predicted octanol–water partition coefficient (Wildman–Crippen LogP) is 4.67. The Labute approximate surface area is 171 Å². The summed E-state index contributed by atoms with van der Waals surface area (Å²) in [6.07, 6.45) is 0. The van der Waals surface area contributed by atoms with Gasteiger partial charge in [-0.25, -0.2) is 4.39 Å². The molecule has 4 aromatic rings. The highest BCUT2D eigenvalue weighted by molar-refractivity contribution is 6.30. The SMILES string of the molecule is Cc1cc(NC(=O)c2cc(-c3ccc(Cl)cc3)n[nH]2)nn1Cc1ccccc1F. The molecule has 0 aliphatic carbocycles. The Kier molecular flexibility index (Phi) is 5.14. The lowest BCUT2D eigenvalue weighted by molar-refractivity contribution is 0.102. The summed E-state index contributed by atoms with van der Waals surface area (Å²) in [5.74, 6) is -0.278. The zero-order valence-electron chi connectivity index (χ0n) is 15.5. The third-order valence-electron chi connectivity index (χ3n) is 4.46. The van der Waals surface area contributed by atoms with Gasteiger partial charge in [-0.15, -0.1) is 0 Å². The van der Waals surface area contributed by atoms with E-state index in [4.69, 9.17) is 11.6 Å². The fourth-order valence-corrected chi connectivity index (χ4v) is 3.04. The molecule has 29 heavy (non-hydrogen) atoms. The number of aromatic amines is 1. The highest BCUT2D eigenvalue weighted by Crippen LogP contribution is 2.21. The molecule has 0 aliphatic rings. The first-order valence-electron chi connectivity index (χ1n) is 8.90. The van der Waals surface area contributed by atoms with Gasteiger partial charge in [0.25, 0.3) is 5.91 Å². The molecule has 4 rings (SSSR count). The molecule has 0 atom stereocenters. The maximum absolute atomic E-state index is 13.9. The van der Waals surface area contributed by atoms with Gasteiger partial charge in [-0.2, -0.15) is 10.2 Å². The predicted molar refractivity (Wildman–Crippen MR) is 109 cm³/mol. The molecule has 0 saturated carbocycles. The number of carbonyl (C=O) groups is 1. The molecule has 0 fully saturated rings. The van der Waals surface area contributed by atoms with Crippen LogP contribution in [0.2, 0.25) is 5.02 Å². The quantitative estimate of drug-likeness (QED) is 0.502. The third-order valence-corrected chi connectivity index (χ3v) is 4.72. The van der Waals surface area contributed by atoms with E-state index < -0.39 is 0 Å². The van der Waals surface area contributed by atoms with Crippen molar-refractivity contribution in [2.24, 2.45) is 0 Å². The van der Waals surface area contributed by atoms with Crippen LogP contribution >= 0.6 is 11.6 Å². The minimum absolute atomic E-state index is 0.277. The van der Waals surface area contributed by atoms with Crippen molar-refractivity contribution in [3.05, 3.63) is 88.5 Å². The van der Waals surface area contributed by atoms with Crippen molar-refractivity contribution in [1.82, 2.24) is 20.0 Å². The summed E-state index contributed by atoms with van der Waals surface area (Å²) in [6, 6.07) is 17.1. The van der Waals surface area contributed by atoms with Gasteiger partial charge in [-0.05, 0) is 31.2 Å². The van der Waals surface area contributed by atoms with Crippen molar-refractivity contribution in [3.63, 3.8) is 0 Å². The van der Waals surface area contributed by atoms with Crippen molar-refractivity contribution in [2.45, 2.75) is 13.5 Å². The molecular formula is C21H17ClFN5O. The summed E-state index contributed by atoms with van der Waals surface area (Å²) < 4.78 is 15.5. The number of benzene rings is 2. The second-order valence-electron chi connectivity index (χ2n) is 6.55. The molecule has 0 spiro atoms. The molecular weight excluding hydrogens is 393 g/mol. The highest BCUT2D eigenvalue weighted by atomic mass is 35.5. The lowest BCUT2D eigenvalue weighted by Gasteiger charge is -2.05. The van der Waals surface area contributed by atoms with Crippen LogP contribution in [0.15, 0.2) is 60.7 Å². The standard InChI is InChI=1S/C21H17ClFN5O/c1-13-10-20(27-28(13)12-15-4-2-3-5-17(15)23)24-21(29)19-11-18(25-26-19)14-6-8-16(22)9-7-14/h2-11H,12H2,1H3,(H,25,26)(H,24,27,29). The molecule has 0 unspecified atom stereocenters. The number of hydrogen-bond acceptors (Lipinski definition) is 3. The van der Waals surface area contributed by atoms with Gasteiger partial charge in [0.2, 0.25) is 0 Å². The summed E-state index contributed by atoms with van der Waals surface area (Å²) in [5.41, 5.74) is 3.10. The molecule has 8 heteroatoms. The Balaban J connectivity index is 1.48. The molecule has 6 nitrogen and oxygen atoms in total. The third kappa shape index (κ3) is 4.20. The molecule has 2 aromatic carbocycles. The van der Waals surface area contributed by atoms with Crippen molar-refractivity contribution < 1.29 is 9.18 Å². The molecule has 1 amide bonds. The van der Waals surface area contributed by atoms with Crippen molar-refractivity contribution in [2.75, 3.05) is 5.32 Å². The van der Waals surface area contributed by atoms with Gasteiger partial charge < -0.3 is 5.32 Å². The Morgan fingerprint density at radius 2 is 1.93 bits per heavy atom. The van der Waals surface area contributed by atoms with Crippen LogP contribution in [0.4, 0.5) is 10.2 Å². The van der Waals surface area contributed by atoms with Crippen LogP contribution in [0.1, 0.15) is 21.7 Å². The van der Waals surface area contributed by atoms with Crippen LogP contribution in [-0.2, 0) is 6.54 Å². The normalized spacial score (nSPS) is 10.9. The number of halogens is 2. The lowest BCUT2D eigenvalue weighted by Crippen LogP contribution is -2.13. The number of aryl methyl sites for hydroxylation is 1. The highest BCUT2D eigenvalue weighted by Gasteiger charge is 2.14. The van der Waals surface area contributed by atoms with Gasteiger partial charge in [0.1, 0.15) is 11.5 Å². The summed E-state index contributed by atoms with van der Waals surface area (Å²) >= 11 is 5.90. The monoisotopic (exact) mass is 409 g/mol. The second-order valence-corrected chi connectivity index (χ2v) is 6.98. The van der Waals surface area contributed by atoms with E-state index in [0.717, 1.165) is 11.3 Å². The second kappa shape index (κ2) is 7.89. The Morgan fingerprint density at radius 3 is 2.69 bits per heavy atom. The van der Waals surface area contributed by atoms with Gasteiger partial charge in [0.15, 0.2) is 5.82 Å². The summed E-state index contributed by atoms with van der Waals surface area (Å²) in [7, 11) is 0. The number of anilines is 1. The van der Waals surface area contributed by atoms with Crippen LogP contribution in [0.5, 0.6) is 0 Å². The zero-order chi connectivity index (χ0) is 20.4. The van der Waals surface area contributed by atoms with Crippen LogP contribution in [0, 0.1) is 12.7 Å². The van der Waals surface area contributed by atoms with Crippen molar-refractivity contribution >= 4 is 23.3 Å². The van der Waals surface area contributed by atoms with Crippen molar-refractivity contribution in [3.8, 4) is 11.3 Å². The number of rotatable bonds is 5. The van der Waals surface area contributed by atoms with Crippen LogP contribution in [0.25, 0.3) is 11.3 Å². The van der Waals surface area contributed by atoms with E-state index in [1.54, 1.807) is 47.1 Å². The topological polar surface area (TPSA) is 75.6 Å². The van der Waals surface area contributed by atoms with Crippen LogP contribution in [0.3, 0.4) is 0 Å². The molecule has 2 aromatic heterocycles. The molecule has 0 bridgehead atoms. The Morgan fingerprint density at radius 1 is 1.17 bits per heavy atom. The van der Waals surface area contributed by atoms with Crippen LogP contribution < -0.4 is 5.32 Å². The first-order valence-corrected chi connectivity index (χ1v) is 9.28. The number of nitrogens with zero attached hydrogens (tertiary/aromatic N) is 3. The summed E-state index contributed by atoms with van der Waals surface area (Å²) in [4.78, 5) is 12.5. The molecule has 146 valence electrons.